The molecule has 0 saturated heterocycles. The lowest BCUT2D eigenvalue weighted by atomic mass is 10.4. The molecule has 0 atom stereocenters. The number of rotatable bonds is 5. The highest BCUT2D eigenvalue weighted by Crippen LogP contribution is 2.17. The van der Waals surface area contributed by atoms with Gasteiger partial charge in [-0.1, -0.05) is 29.8 Å². The summed E-state index contributed by atoms with van der Waals surface area (Å²) in [5.41, 5.74) is 0.711. The zero-order valence-electron chi connectivity index (χ0n) is 10.7. The quantitative estimate of drug-likeness (QED) is 0.379. The van der Waals surface area contributed by atoms with Crippen LogP contribution in [-0.2, 0) is 0 Å². The molecule has 1 aromatic heterocycles. The van der Waals surface area contributed by atoms with Gasteiger partial charge in [-0.2, -0.15) is 0 Å². The Labute approximate surface area is 133 Å². The summed E-state index contributed by atoms with van der Waals surface area (Å²) in [6.45, 7) is 0.781. The molecule has 20 heavy (non-hydrogen) atoms. The molecule has 0 bridgehead atoms. The second-order valence-electron chi connectivity index (χ2n) is 3.88. The molecule has 0 radical (unpaired) electrons. The minimum absolute atomic E-state index is 0.412. The van der Waals surface area contributed by atoms with Crippen molar-refractivity contribution in [2.45, 2.75) is 4.90 Å². The van der Waals surface area contributed by atoms with Crippen LogP contribution in [0.4, 0.5) is 5.69 Å². The summed E-state index contributed by atoms with van der Waals surface area (Å²) in [6, 6.07) is 13.9. The minimum atomic E-state index is 0.412. The van der Waals surface area contributed by atoms with Crippen LogP contribution in [0.3, 0.4) is 0 Å². The number of hydrogen-bond acceptors (Lipinski definition) is 3. The second kappa shape index (κ2) is 8.09. The minimum Gasteiger partial charge on any atom is -0.362 e. The molecule has 0 aliphatic carbocycles. The summed E-state index contributed by atoms with van der Waals surface area (Å²) in [7, 11) is 0. The SMILES string of the molecule is S=C(NCCSc1ccccc1)Nc1cccnc1Cl. The number of aromatic nitrogens is 1. The highest BCUT2D eigenvalue weighted by atomic mass is 35.5. The summed E-state index contributed by atoms with van der Waals surface area (Å²) in [5.74, 6) is 0.937. The Balaban J connectivity index is 1.69. The summed E-state index contributed by atoms with van der Waals surface area (Å²) in [5, 5.41) is 7.13. The van der Waals surface area contributed by atoms with E-state index in [0.29, 0.717) is 16.0 Å². The van der Waals surface area contributed by atoms with Crippen LogP contribution in [0.5, 0.6) is 0 Å². The van der Waals surface area contributed by atoms with Gasteiger partial charge in [-0.05, 0) is 36.5 Å². The van der Waals surface area contributed by atoms with Gasteiger partial charge in [-0.25, -0.2) is 4.98 Å². The third-order valence-corrected chi connectivity index (χ3v) is 3.97. The van der Waals surface area contributed by atoms with E-state index in [0.717, 1.165) is 12.3 Å². The highest BCUT2D eigenvalue weighted by molar-refractivity contribution is 7.99. The van der Waals surface area contributed by atoms with E-state index in [1.807, 2.05) is 30.3 Å². The lowest BCUT2D eigenvalue weighted by Crippen LogP contribution is -2.30. The summed E-state index contributed by atoms with van der Waals surface area (Å²) in [4.78, 5) is 5.23. The third-order valence-electron chi connectivity index (χ3n) is 2.41. The Morgan fingerprint density at radius 1 is 1.20 bits per heavy atom. The fraction of sp³-hybridized carbons (Fsp3) is 0.143. The van der Waals surface area contributed by atoms with Gasteiger partial charge in [0.25, 0.3) is 0 Å². The maximum Gasteiger partial charge on any atom is 0.170 e. The number of nitrogens with one attached hydrogen (secondary N) is 2. The van der Waals surface area contributed by atoms with Crippen LogP contribution < -0.4 is 10.6 Å². The molecule has 2 rings (SSSR count). The zero-order chi connectivity index (χ0) is 14.2. The number of hydrogen-bond donors (Lipinski definition) is 2. The Bertz CT molecular complexity index is 563. The number of thioether (sulfide) groups is 1. The molecule has 0 saturated carbocycles. The Kier molecular flexibility index (Phi) is 6.11. The molecule has 0 spiro atoms. The number of thiocarbonyl (C=S) groups is 1. The maximum absolute atomic E-state index is 5.94. The summed E-state index contributed by atoms with van der Waals surface area (Å²) in [6.07, 6.45) is 1.64. The summed E-state index contributed by atoms with van der Waals surface area (Å²) < 4.78 is 0. The van der Waals surface area contributed by atoms with Crippen LogP contribution in [0.25, 0.3) is 0 Å². The molecule has 0 fully saturated rings. The molecular formula is C14H14ClN3S2. The van der Waals surface area contributed by atoms with Gasteiger partial charge in [-0.3, -0.25) is 0 Å². The maximum atomic E-state index is 5.94. The topological polar surface area (TPSA) is 37.0 Å². The molecule has 0 amide bonds. The highest BCUT2D eigenvalue weighted by Gasteiger charge is 2.02. The summed E-state index contributed by atoms with van der Waals surface area (Å²) >= 11 is 12.9. The first-order valence-corrected chi connectivity index (χ1v) is 7.86. The number of nitrogens with zero attached hydrogens (tertiary/aromatic N) is 1. The van der Waals surface area contributed by atoms with Crippen molar-refractivity contribution in [1.29, 1.82) is 0 Å². The molecule has 0 aliphatic heterocycles. The van der Waals surface area contributed by atoms with Gasteiger partial charge in [0.2, 0.25) is 0 Å². The smallest absolute Gasteiger partial charge is 0.170 e. The molecule has 1 aromatic carbocycles. The number of halogens is 1. The molecule has 0 aliphatic rings. The molecule has 3 nitrogen and oxygen atoms in total. The molecule has 104 valence electrons. The van der Waals surface area contributed by atoms with Gasteiger partial charge in [0, 0.05) is 23.4 Å². The van der Waals surface area contributed by atoms with Crippen LogP contribution in [-0.4, -0.2) is 22.4 Å². The molecule has 2 N–H and O–H groups in total. The molecule has 2 aromatic rings. The number of anilines is 1. The van der Waals surface area contributed by atoms with E-state index in [4.69, 9.17) is 23.8 Å². The first kappa shape index (κ1) is 15.1. The molecule has 6 heteroatoms. The lowest BCUT2D eigenvalue weighted by Gasteiger charge is -2.10. The van der Waals surface area contributed by atoms with E-state index in [2.05, 4.69) is 27.8 Å². The Morgan fingerprint density at radius 2 is 2.00 bits per heavy atom. The normalized spacial score (nSPS) is 10.1. The lowest BCUT2D eigenvalue weighted by molar-refractivity contribution is 0.989. The van der Waals surface area contributed by atoms with Crippen molar-refractivity contribution < 1.29 is 0 Å². The van der Waals surface area contributed by atoms with Crippen LogP contribution in [0, 0.1) is 0 Å². The van der Waals surface area contributed by atoms with Crippen molar-refractivity contribution in [1.82, 2.24) is 10.3 Å². The van der Waals surface area contributed by atoms with Crippen molar-refractivity contribution in [3.8, 4) is 0 Å². The predicted molar refractivity (Wildman–Crippen MR) is 90.6 cm³/mol. The molecule has 0 unspecified atom stereocenters. The van der Waals surface area contributed by atoms with Gasteiger partial charge in [0.1, 0.15) is 0 Å². The van der Waals surface area contributed by atoms with E-state index in [1.165, 1.54) is 4.90 Å². The zero-order valence-corrected chi connectivity index (χ0v) is 13.1. The van der Waals surface area contributed by atoms with E-state index in [9.17, 15) is 0 Å². The van der Waals surface area contributed by atoms with E-state index >= 15 is 0 Å². The largest absolute Gasteiger partial charge is 0.362 e. The third kappa shape index (κ3) is 5.00. The van der Waals surface area contributed by atoms with Gasteiger partial charge in [0.15, 0.2) is 10.3 Å². The van der Waals surface area contributed by atoms with Crippen LogP contribution in [0.15, 0.2) is 53.6 Å². The first-order chi connectivity index (χ1) is 9.75. The van der Waals surface area contributed by atoms with Gasteiger partial charge in [-0.15, -0.1) is 11.8 Å². The van der Waals surface area contributed by atoms with Gasteiger partial charge >= 0.3 is 0 Å². The fourth-order valence-corrected chi connectivity index (χ4v) is 2.66. The van der Waals surface area contributed by atoms with E-state index in [1.54, 1.807) is 18.0 Å². The average Bonchev–Trinajstić information content (AvgIpc) is 2.47. The van der Waals surface area contributed by atoms with Crippen molar-refractivity contribution >= 4 is 46.4 Å². The average molecular weight is 324 g/mol. The van der Waals surface area contributed by atoms with E-state index in [-0.39, 0.29) is 0 Å². The van der Waals surface area contributed by atoms with Crippen molar-refractivity contribution in [2.75, 3.05) is 17.6 Å². The first-order valence-electron chi connectivity index (χ1n) is 6.09. The fourth-order valence-electron chi connectivity index (χ4n) is 1.50. The Hall–Kier alpha value is -1.30. The Morgan fingerprint density at radius 3 is 2.75 bits per heavy atom. The van der Waals surface area contributed by atoms with Crippen LogP contribution >= 0.6 is 35.6 Å². The molecular weight excluding hydrogens is 310 g/mol. The van der Waals surface area contributed by atoms with Gasteiger partial charge in [0.05, 0.1) is 5.69 Å². The van der Waals surface area contributed by atoms with Crippen molar-refractivity contribution in [3.63, 3.8) is 0 Å². The van der Waals surface area contributed by atoms with Crippen molar-refractivity contribution in [3.05, 3.63) is 53.8 Å². The van der Waals surface area contributed by atoms with Crippen LogP contribution in [0.2, 0.25) is 5.15 Å². The molecule has 1 heterocycles. The standard InChI is InChI=1S/C14H14ClN3S2/c15-13-12(7-4-8-16-13)18-14(19)17-9-10-20-11-5-2-1-3-6-11/h1-8H,9-10H2,(H2,17,18,19). The van der Waals surface area contributed by atoms with Crippen molar-refractivity contribution in [2.24, 2.45) is 0 Å². The van der Waals surface area contributed by atoms with Crippen LogP contribution in [0.1, 0.15) is 0 Å². The second-order valence-corrected chi connectivity index (χ2v) is 5.82. The van der Waals surface area contributed by atoms with E-state index < -0.39 is 0 Å². The monoisotopic (exact) mass is 323 g/mol. The predicted octanol–water partition coefficient (Wildman–Crippen LogP) is 3.81. The number of pyridine rings is 1. The van der Waals surface area contributed by atoms with Gasteiger partial charge < -0.3 is 10.6 Å². The number of benzene rings is 1.